The van der Waals surface area contributed by atoms with E-state index in [1.54, 1.807) is 11.0 Å². The summed E-state index contributed by atoms with van der Waals surface area (Å²) in [5.74, 6) is -1.47. The quantitative estimate of drug-likeness (QED) is 0.903. The molecule has 0 radical (unpaired) electrons. The number of aliphatic carboxylic acids is 1. The second kappa shape index (κ2) is 5.50. The molecule has 1 aliphatic heterocycles. The molecule has 1 N–H and O–H groups in total. The van der Waals surface area contributed by atoms with Gasteiger partial charge in [-0.05, 0) is 46.6 Å². The maximum absolute atomic E-state index is 12.5. The van der Waals surface area contributed by atoms with Gasteiger partial charge in [-0.3, -0.25) is 14.3 Å². The minimum atomic E-state index is -0.830. The first kappa shape index (κ1) is 15.5. The van der Waals surface area contributed by atoms with E-state index in [4.69, 9.17) is 5.11 Å². The lowest BCUT2D eigenvalue weighted by Gasteiger charge is -2.30. The average molecular weight is 293 g/mol. The summed E-state index contributed by atoms with van der Waals surface area (Å²) in [6, 6.07) is 1.78. The van der Waals surface area contributed by atoms with Crippen LogP contribution >= 0.6 is 0 Å². The van der Waals surface area contributed by atoms with E-state index in [0.29, 0.717) is 18.7 Å². The molecule has 1 atom stereocenters. The van der Waals surface area contributed by atoms with Gasteiger partial charge in [0.15, 0.2) is 5.69 Å². The molecular weight excluding hydrogens is 270 g/mol. The largest absolute Gasteiger partial charge is 0.481 e. The van der Waals surface area contributed by atoms with Crippen molar-refractivity contribution in [3.8, 4) is 0 Å². The minimum Gasteiger partial charge on any atom is -0.481 e. The fraction of sp³-hybridized carbons (Fsp3) is 0.667. The number of aromatic nitrogens is 2. The van der Waals surface area contributed by atoms with Gasteiger partial charge in [-0.1, -0.05) is 0 Å². The summed E-state index contributed by atoms with van der Waals surface area (Å²) >= 11 is 0. The molecule has 2 rings (SSSR count). The Bertz CT molecular complexity index is 557. The van der Waals surface area contributed by atoms with Crippen molar-refractivity contribution in [1.82, 2.24) is 14.7 Å². The maximum atomic E-state index is 12.5. The summed E-state index contributed by atoms with van der Waals surface area (Å²) < 4.78 is 1.83. The van der Waals surface area contributed by atoms with Crippen molar-refractivity contribution in [2.75, 3.05) is 13.1 Å². The number of rotatable bonds is 2. The van der Waals surface area contributed by atoms with Crippen LogP contribution in [0.3, 0.4) is 0 Å². The van der Waals surface area contributed by atoms with Gasteiger partial charge in [-0.15, -0.1) is 0 Å². The number of nitrogens with zero attached hydrogens (tertiary/aromatic N) is 3. The Labute approximate surface area is 124 Å². The highest BCUT2D eigenvalue weighted by atomic mass is 16.4. The molecule has 1 fully saturated rings. The topological polar surface area (TPSA) is 75.4 Å². The molecule has 1 aliphatic rings. The van der Waals surface area contributed by atoms with Gasteiger partial charge in [0.05, 0.1) is 11.5 Å². The van der Waals surface area contributed by atoms with Crippen LogP contribution in [0.25, 0.3) is 0 Å². The standard InChI is InChI=1S/C15H23N3O3/c1-10-8-12(16-18(10)15(2,3)4)13(19)17-7-5-6-11(9-17)14(20)21/h8,11H,5-7,9H2,1-4H3,(H,20,21). The van der Waals surface area contributed by atoms with Gasteiger partial charge in [-0.25, -0.2) is 0 Å². The number of piperidine rings is 1. The monoisotopic (exact) mass is 293 g/mol. The third-order valence-electron chi connectivity index (χ3n) is 3.80. The first-order valence-corrected chi connectivity index (χ1v) is 7.29. The van der Waals surface area contributed by atoms with E-state index in [9.17, 15) is 9.59 Å². The van der Waals surface area contributed by atoms with Crippen LogP contribution in [0.5, 0.6) is 0 Å². The predicted molar refractivity (Wildman–Crippen MR) is 78.2 cm³/mol. The number of carbonyl (C=O) groups excluding carboxylic acids is 1. The summed E-state index contributed by atoms with van der Waals surface area (Å²) in [6.07, 6.45) is 1.36. The Morgan fingerprint density at radius 3 is 2.57 bits per heavy atom. The number of carboxylic acids is 1. The molecule has 0 spiro atoms. The normalized spacial score (nSPS) is 19.6. The third-order valence-corrected chi connectivity index (χ3v) is 3.80. The number of carboxylic acid groups (broad SMARTS) is 1. The van der Waals surface area contributed by atoms with Gasteiger partial charge in [0.2, 0.25) is 0 Å². The molecule has 1 aromatic heterocycles. The molecule has 1 aromatic rings. The number of hydrogen-bond donors (Lipinski definition) is 1. The van der Waals surface area contributed by atoms with E-state index in [1.165, 1.54) is 0 Å². The minimum absolute atomic E-state index is 0.174. The zero-order chi connectivity index (χ0) is 15.8. The summed E-state index contributed by atoms with van der Waals surface area (Å²) in [7, 11) is 0. The second-order valence-electron chi connectivity index (χ2n) is 6.68. The predicted octanol–water partition coefficient (Wildman–Crippen LogP) is 1.88. The molecule has 0 saturated carbocycles. The summed E-state index contributed by atoms with van der Waals surface area (Å²) in [5.41, 5.74) is 1.14. The van der Waals surface area contributed by atoms with Gasteiger partial charge in [0.1, 0.15) is 0 Å². The Kier molecular flexibility index (Phi) is 4.07. The lowest BCUT2D eigenvalue weighted by atomic mass is 9.98. The van der Waals surface area contributed by atoms with Crippen molar-refractivity contribution < 1.29 is 14.7 Å². The molecular formula is C15H23N3O3. The third kappa shape index (κ3) is 3.25. The highest BCUT2D eigenvalue weighted by Gasteiger charge is 2.30. The SMILES string of the molecule is Cc1cc(C(=O)N2CCCC(C(=O)O)C2)nn1C(C)(C)C. The first-order valence-electron chi connectivity index (χ1n) is 7.29. The van der Waals surface area contributed by atoms with Crippen LogP contribution in [0.1, 0.15) is 49.8 Å². The van der Waals surface area contributed by atoms with Gasteiger partial charge >= 0.3 is 5.97 Å². The van der Waals surface area contributed by atoms with E-state index in [2.05, 4.69) is 5.10 Å². The fourth-order valence-corrected chi connectivity index (χ4v) is 2.78. The number of amides is 1. The van der Waals surface area contributed by atoms with Crippen LogP contribution in [0.15, 0.2) is 6.07 Å². The van der Waals surface area contributed by atoms with Crippen molar-refractivity contribution in [3.63, 3.8) is 0 Å². The van der Waals surface area contributed by atoms with Crippen LogP contribution in [-0.2, 0) is 10.3 Å². The van der Waals surface area contributed by atoms with Crippen molar-refractivity contribution >= 4 is 11.9 Å². The zero-order valence-corrected chi connectivity index (χ0v) is 13.1. The van der Waals surface area contributed by atoms with Gasteiger partial charge in [-0.2, -0.15) is 5.10 Å². The Morgan fingerprint density at radius 2 is 2.05 bits per heavy atom. The Hall–Kier alpha value is -1.85. The molecule has 0 aromatic carbocycles. The zero-order valence-electron chi connectivity index (χ0n) is 13.1. The van der Waals surface area contributed by atoms with E-state index in [0.717, 1.165) is 12.1 Å². The number of likely N-dealkylation sites (tertiary alicyclic amines) is 1. The maximum Gasteiger partial charge on any atom is 0.308 e. The summed E-state index contributed by atoms with van der Waals surface area (Å²) in [4.78, 5) is 25.2. The Balaban J connectivity index is 2.19. The number of aryl methyl sites for hydroxylation is 1. The molecule has 1 unspecified atom stereocenters. The lowest BCUT2D eigenvalue weighted by molar-refractivity contribution is -0.143. The molecule has 2 heterocycles. The van der Waals surface area contributed by atoms with E-state index in [1.807, 2.05) is 32.4 Å². The second-order valence-corrected chi connectivity index (χ2v) is 6.68. The lowest BCUT2D eigenvalue weighted by Crippen LogP contribution is -2.42. The summed E-state index contributed by atoms with van der Waals surface area (Å²) in [5, 5.41) is 13.5. The first-order chi connectivity index (χ1) is 9.70. The molecule has 0 aliphatic carbocycles. The highest BCUT2D eigenvalue weighted by Crippen LogP contribution is 2.21. The van der Waals surface area contributed by atoms with E-state index >= 15 is 0 Å². The van der Waals surface area contributed by atoms with Gasteiger partial charge in [0, 0.05) is 18.8 Å². The molecule has 116 valence electrons. The molecule has 1 amide bonds. The molecule has 21 heavy (non-hydrogen) atoms. The van der Waals surface area contributed by atoms with Crippen LogP contribution in [0, 0.1) is 12.8 Å². The van der Waals surface area contributed by atoms with Crippen LogP contribution in [0.2, 0.25) is 0 Å². The van der Waals surface area contributed by atoms with Crippen LogP contribution in [0.4, 0.5) is 0 Å². The van der Waals surface area contributed by atoms with Crippen LogP contribution < -0.4 is 0 Å². The molecule has 0 bridgehead atoms. The van der Waals surface area contributed by atoms with Crippen molar-refractivity contribution in [2.45, 2.75) is 46.1 Å². The van der Waals surface area contributed by atoms with Crippen molar-refractivity contribution in [1.29, 1.82) is 0 Å². The summed E-state index contributed by atoms with van der Waals surface area (Å²) in [6.45, 7) is 8.89. The molecule has 6 heteroatoms. The molecule has 1 saturated heterocycles. The smallest absolute Gasteiger partial charge is 0.308 e. The highest BCUT2D eigenvalue weighted by molar-refractivity contribution is 5.92. The molecule has 6 nitrogen and oxygen atoms in total. The van der Waals surface area contributed by atoms with Crippen LogP contribution in [-0.4, -0.2) is 44.8 Å². The number of carbonyl (C=O) groups is 2. The average Bonchev–Trinajstić information content (AvgIpc) is 2.80. The van der Waals surface area contributed by atoms with Crippen molar-refractivity contribution in [2.24, 2.45) is 5.92 Å². The number of hydrogen-bond acceptors (Lipinski definition) is 3. The van der Waals surface area contributed by atoms with Gasteiger partial charge in [0.25, 0.3) is 5.91 Å². The van der Waals surface area contributed by atoms with E-state index in [-0.39, 0.29) is 18.0 Å². The van der Waals surface area contributed by atoms with Crippen molar-refractivity contribution in [3.05, 3.63) is 17.5 Å². The van der Waals surface area contributed by atoms with E-state index < -0.39 is 11.9 Å². The van der Waals surface area contributed by atoms with Gasteiger partial charge < -0.3 is 10.0 Å². The Morgan fingerprint density at radius 1 is 1.38 bits per heavy atom. The fourth-order valence-electron chi connectivity index (χ4n) is 2.78.